The van der Waals surface area contributed by atoms with Gasteiger partial charge in [0.1, 0.15) is 0 Å². The van der Waals surface area contributed by atoms with Crippen molar-refractivity contribution in [2.24, 2.45) is 0 Å². The Balaban J connectivity index is 1.54. The van der Waals surface area contributed by atoms with Crippen LogP contribution in [-0.4, -0.2) is 17.0 Å². The number of amides is 1. The standard InChI is InChI=1S/C27H28N2O/c1-19(23-12-8-5-9-13-23)17-28-27(30)24-14-15-26-25(16-24)20(2)21(3)29(26)18-22-10-6-4-7-11-22/h4-16,19H,17-18H2,1-3H3,(H,28,30)/t19-/m0/s1. The Morgan fingerprint density at radius 1 is 0.933 bits per heavy atom. The Morgan fingerprint density at radius 2 is 1.60 bits per heavy atom. The number of rotatable bonds is 6. The van der Waals surface area contributed by atoms with Crippen LogP contribution in [0.4, 0.5) is 0 Å². The predicted octanol–water partition coefficient (Wildman–Crippen LogP) is 5.84. The van der Waals surface area contributed by atoms with Gasteiger partial charge in [-0.25, -0.2) is 0 Å². The van der Waals surface area contributed by atoms with Gasteiger partial charge in [0.05, 0.1) is 0 Å². The highest BCUT2D eigenvalue weighted by atomic mass is 16.1. The van der Waals surface area contributed by atoms with Crippen LogP contribution in [0.1, 0.15) is 45.6 Å². The van der Waals surface area contributed by atoms with Gasteiger partial charge in [0, 0.05) is 35.2 Å². The van der Waals surface area contributed by atoms with Crippen LogP contribution < -0.4 is 5.32 Å². The monoisotopic (exact) mass is 396 g/mol. The third kappa shape index (κ3) is 4.02. The van der Waals surface area contributed by atoms with Gasteiger partial charge < -0.3 is 9.88 Å². The Hall–Kier alpha value is -3.33. The maximum atomic E-state index is 12.8. The summed E-state index contributed by atoms with van der Waals surface area (Å²) in [5.41, 5.74) is 6.86. The largest absolute Gasteiger partial charge is 0.351 e. The first kappa shape index (κ1) is 20.0. The molecule has 4 rings (SSSR count). The van der Waals surface area contributed by atoms with Crippen molar-refractivity contribution in [3.05, 3.63) is 107 Å². The summed E-state index contributed by atoms with van der Waals surface area (Å²) in [7, 11) is 0. The van der Waals surface area contributed by atoms with Gasteiger partial charge in [0.15, 0.2) is 0 Å². The molecule has 1 atom stereocenters. The normalized spacial score (nSPS) is 12.1. The lowest BCUT2D eigenvalue weighted by atomic mass is 10.0. The van der Waals surface area contributed by atoms with Crippen molar-refractivity contribution in [2.45, 2.75) is 33.2 Å². The molecule has 0 spiro atoms. The van der Waals surface area contributed by atoms with Gasteiger partial charge in [-0.1, -0.05) is 67.6 Å². The van der Waals surface area contributed by atoms with Crippen molar-refractivity contribution >= 4 is 16.8 Å². The average molecular weight is 397 g/mol. The minimum absolute atomic E-state index is 0.0208. The molecule has 1 amide bonds. The molecule has 30 heavy (non-hydrogen) atoms. The average Bonchev–Trinajstić information content (AvgIpc) is 3.03. The van der Waals surface area contributed by atoms with Crippen molar-refractivity contribution < 1.29 is 4.79 Å². The minimum Gasteiger partial charge on any atom is -0.351 e. The zero-order chi connectivity index (χ0) is 21.1. The second-order valence-electron chi connectivity index (χ2n) is 8.04. The molecule has 1 aromatic heterocycles. The highest BCUT2D eigenvalue weighted by Gasteiger charge is 2.15. The molecule has 1 N–H and O–H groups in total. The molecule has 0 radical (unpaired) electrons. The fourth-order valence-corrected chi connectivity index (χ4v) is 4.01. The number of aryl methyl sites for hydroxylation is 1. The molecule has 1 heterocycles. The van der Waals surface area contributed by atoms with Gasteiger partial charge >= 0.3 is 0 Å². The SMILES string of the molecule is Cc1c(C)n(Cc2ccccc2)c2ccc(C(=O)NC[C@H](C)c3ccccc3)cc12. The molecule has 0 saturated carbocycles. The Bertz CT molecular complexity index is 1160. The molecular formula is C27H28N2O. The van der Waals surface area contributed by atoms with Crippen LogP contribution in [0.5, 0.6) is 0 Å². The molecule has 3 heteroatoms. The van der Waals surface area contributed by atoms with E-state index >= 15 is 0 Å². The first-order valence-corrected chi connectivity index (χ1v) is 10.5. The molecule has 0 unspecified atom stereocenters. The lowest BCUT2D eigenvalue weighted by Gasteiger charge is -2.13. The number of fused-ring (bicyclic) bond motifs is 1. The van der Waals surface area contributed by atoms with Gasteiger partial charge in [-0.2, -0.15) is 0 Å². The van der Waals surface area contributed by atoms with Crippen molar-refractivity contribution in [2.75, 3.05) is 6.54 Å². The summed E-state index contributed by atoms with van der Waals surface area (Å²) in [6.45, 7) is 7.87. The van der Waals surface area contributed by atoms with E-state index in [4.69, 9.17) is 0 Å². The summed E-state index contributed by atoms with van der Waals surface area (Å²) in [4.78, 5) is 12.8. The third-order valence-electron chi connectivity index (χ3n) is 6.02. The zero-order valence-electron chi connectivity index (χ0n) is 17.9. The summed E-state index contributed by atoms with van der Waals surface area (Å²) < 4.78 is 2.33. The fraction of sp³-hybridized carbons (Fsp3) is 0.222. The van der Waals surface area contributed by atoms with E-state index in [1.165, 1.54) is 27.9 Å². The Morgan fingerprint density at radius 3 is 2.30 bits per heavy atom. The number of carbonyl (C=O) groups is 1. The van der Waals surface area contributed by atoms with Crippen LogP contribution in [0.15, 0.2) is 78.9 Å². The molecule has 4 aromatic rings. The zero-order valence-corrected chi connectivity index (χ0v) is 17.9. The maximum absolute atomic E-state index is 12.8. The highest BCUT2D eigenvalue weighted by molar-refractivity contribution is 5.99. The quantitative estimate of drug-likeness (QED) is 0.436. The molecule has 0 aliphatic heterocycles. The molecule has 0 bridgehead atoms. The van der Waals surface area contributed by atoms with Crippen LogP contribution in [0.3, 0.4) is 0 Å². The number of hydrogen-bond donors (Lipinski definition) is 1. The number of benzene rings is 3. The van der Waals surface area contributed by atoms with Gasteiger partial charge in [-0.15, -0.1) is 0 Å². The number of aromatic nitrogens is 1. The second kappa shape index (κ2) is 8.58. The first-order chi connectivity index (χ1) is 14.5. The highest BCUT2D eigenvalue weighted by Crippen LogP contribution is 2.27. The summed E-state index contributed by atoms with van der Waals surface area (Å²) in [6.07, 6.45) is 0. The molecule has 0 fully saturated rings. The van der Waals surface area contributed by atoms with E-state index in [0.29, 0.717) is 12.1 Å². The van der Waals surface area contributed by atoms with Crippen molar-refractivity contribution in [1.29, 1.82) is 0 Å². The lowest BCUT2D eigenvalue weighted by Crippen LogP contribution is -2.27. The van der Waals surface area contributed by atoms with Crippen LogP contribution >= 0.6 is 0 Å². The van der Waals surface area contributed by atoms with E-state index < -0.39 is 0 Å². The van der Waals surface area contributed by atoms with E-state index in [0.717, 1.165) is 11.9 Å². The maximum Gasteiger partial charge on any atom is 0.251 e. The van der Waals surface area contributed by atoms with E-state index in [1.807, 2.05) is 36.4 Å². The molecule has 3 nitrogen and oxygen atoms in total. The third-order valence-corrected chi connectivity index (χ3v) is 6.02. The lowest BCUT2D eigenvalue weighted by molar-refractivity contribution is 0.0952. The van der Waals surface area contributed by atoms with Crippen molar-refractivity contribution in [3.63, 3.8) is 0 Å². The molecule has 0 aliphatic carbocycles. The Kier molecular flexibility index (Phi) is 5.71. The van der Waals surface area contributed by atoms with Crippen LogP contribution in [0, 0.1) is 13.8 Å². The predicted molar refractivity (Wildman–Crippen MR) is 124 cm³/mol. The van der Waals surface area contributed by atoms with Gasteiger partial charge in [0.25, 0.3) is 5.91 Å². The van der Waals surface area contributed by atoms with Gasteiger partial charge in [-0.05, 0) is 54.7 Å². The number of hydrogen-bond acceptors (Lipinski definition) is 1. The smallest absolute Gasteiger partial charge is 0.251 e. The summed E-state index contributed by atoms with van der Waals surface area (Å²) >= 11 is 0. The molecule has 152 valence electrons. The topological polar surface area (TPSA) is 34.0 Å². The number of nitrogens with zero attached hydrogens (tertiary/aromatic N) is 1. The first-order valence-electron chi connectivity index (χ1n) is 10.5. The van der Waals surface area contributed by atoms with Crippen LogP contribution in [0.2, 0.25) is 0 Å². The fourth-order valence-electron chi connectivity index (χ4n) is 4.01. The summed E-state index contributed by atoms with van der Waals surface area (Å²) in [5.74, 6) is 0.252. The van der Waals surface area contributed by atoms with Crippen LogP contribution in [-0.2, 0) is 6.54 Å². The summed E-state index contributed by atoms with van der Waals surface area (Å²) in [6, 6.07) is 26.8. The molecular weight excluding hydrogens is 368 g/mol. The number of carbonyl (C=O) groups excluding carboxylic acids is 1. The van der Waals surface area contributed by atoms with E-state index in [-0.39, 0.29) is 11.8 Å². The molecule has 3 aromatic carbocycles. The second-order valence-corrected chi connectivity index (χ2v) is 8.04. The van der Waals surface area contributed by atoms with E-state index in [9.17, 15) is 4.79 Å². The van der Waals surface area contributed by atoms with Crippen LogP contribution in [0.25, 0.3) is 10.9 Å². The molecule has 0 aliphatic rings. The van der Waals surface area contributed by atoms with E-state index in [2.05, 4.69) is 73.1 Å². The van der Waals surface area contributed by atoms with Crippen molar-refractivity contribution in [1.82, 2.24) is 9.88 Å². The Labute approximate surface area is 178 Å². The van der Waals surface area contributed by atoms with Gasteiger partial charge in [0.2, 0.25) is 0 Å². The minimum atomic E-state index is -0.0208. The van der Waals surface area contributed by atoms with E-state index in [1.54, 1.807) is 0 Å². The number of nitrogens with one attached hydrogen (secondary N) is 1. The summed E-state index contributed by atoms with van der Waals surface area (Å²) in [5, 5.41) is 4.24. The molecule has 0 saturated heterocycles. The van der Waals surface area contributed by atoms with Gasteiger partial charge in [-0.3, -0.25) is 4.79 Å². The van der Waals surface area contributed by atoms with Crippen molar-refractivity contribution in [3.8, 4) is 0 Å².